The van der Waals surface area contributed by atoms with Crippen LogP contribution in [-0.2, 0) is 17.6 Å². The standard InChI is InChI=1S/C16H25NO2/c1-16(2,3)19-11-15(18)10-17-14-8-12-6-4-5-7-13(12)9-14/h4-7,14-15,17-18H,8-11H2,1-3H3. The van der Waals surface area contributed by atoms with Gasteiger partial charge in [0, 0.05) is 12.6 Å². The first-order valence-electron chi connectivity index (χ1n) is 7.06. The number of aliphatic hydroxyl groups excluding tert-OH is 1. The number of hydrogen-bond donors (Lipinski definition) is 2. The van der Waals surface area contributed by atoms with E-state index < -0.39 is 6.10 Å². The molecule has 1 unspecified atom stereocenters. The maximum absolute atomic E-state index is 9.90. The predicted molar refractivity (Wildman–Crippen MR) is 77.4 cm³/mol. The van der Waals surface area contributed by atoms with E-state index in [-0.39, 0.29) is 5.60 Å². The summed E-state index contributed by atoms with van der Waals surface area (Å²) in [5, 5.41) is 13.3. The molecule has 1 aromatic carbocycles. The van der Waals surface area contributed by atoms with Gasteiger partial charge in [-0.25, -0.2) is 0 Å². The quantitative estimate of drug-likeness (QED) is 0.853. The second kappa shape index (κ2) is 6.04. The van der Waals surface area contributed by atoms with Crippen LogP contribution in [0.5, 0.6) is 0 Å². The molecule has 2 N–H and O–H groups in total. The molecular formula is C16H25NO2. The Kier molecular flexibility index (Phi) is 4.61. The van der Waals surface area contributed by atoms with Gasteiger partial charge in [-0.2, -0.15) is 0 Å². The molecule has 3 nitrogen and oxygen atoms in total. The van der Waals surface area contributed by atoms with Gasteiger partial charge in [0.25, 0.3) is 0 Å². The van der Waals surface area contributed by atoms with Gasteiger partial charge >= 0.3 is 0 Å². The first-order chi connectivity index (χ1) is 8.94. The number of benzene rings is 1. The van der Waals surface area contributed by atoms with Gasteiger partial charge in [-0.05, 0) is 44.7 Å². The summed E-state index contributed by atoms with van der Waals surface area (Å²) in [7, 11) is 0. The van der Waals surface area contributed by atoms with Crippen molar-refractivity contribution in [1.82, 2.24) is 5.32 Å². The van der Waals surface area contributed by atoms with Crippen LogP contribution in [-0.4, -0.2) is 36.0 Å². The Bertz CT molecular complexity index is 386. The zero-order valence-corrected chi connectivity index (χ0v) is 12.1. The van der Waals surface area contributed by atoms with Crippen LogP contribution in [0.25, 0.3) is 0 Å². The van der Waals surface area contributed by atoms with E-state index in [1.54, 1.807) is 0 Å². The lowest BCUT2D eigenvalue weighted by molar-refractivity contribution is -0.0483. The number of nitrogens with one attached hydrogen (secondary N) is 1. The van der Waals surface area contributed by atoms with E-state index in [0.717, 1.165) is 12.8 Å². The highest BCUT2D eigenvalue weighted by Gasteiger charge is 2.21. The zero-order valence-electron chi connectivity index (χ0n) is 12.1. The average molecular weight is 263 g/mol. The van der Waals surface area contributed by atoms with Crippen molar-refractivity contribution >= 4 is 0 Å². The Morgan fingerprint density at radius 1 is 1.26 bits per heavy atom. The topological polar surface area (TPSA) is 41.5 Å². The van der Waals surface area contributed by atoms with Gasteiger partial charge in [0.05, 0.1) is 18.3 Å². The summed E-state index contributed by atoms with van der Waals surface area (Å²) in [6, 6.07) is 9.01. The minimum atomic E-state index is -0.442. The Balaban J connectivity index is 1.70. The molecule has 0 amide bonds. The summed E-state index contributed by atoms with van der Waals surface area (Å²) in [6.07, 6.45) is 1.68. The van der Waals surface area contributed by atoms with Crippen LogP contribution < -0.4 is 5.32 Å². The molecule has 0 saturated heterocycles. The SMILES string of the molecule is CC(C)(C)OCC(O)CNC1Cc2ccccc2C1. The van der Waals surface area contributed by atoms with Crippen molar-refractivity contribution in [3.05, 3.63) is 35.4 Å². The van der Waals surface area contributed by atoms with Gasteiger partial charge in [-0.3, -0.25) is 0 Å². The van der Waals surface area contributed by atoms with Crippen LogP contribution in [0.15, 0.2) is 24.3 Å². The van der Waals surface area contributed by atoms with E-state index in [4.69, 9.17) is 4.74 Å². The lowest BCUT2D eigenvalue weighted by atomic mass is 10.1. The highest BCUT2D eigenvalue weighted by atomic mass is 16.5. The van der Waals surface area contributed by atoms with E-state index in [0.29, 0.717) is 19.2 Å². The number of aliphatic hydroxyl groups is 1. The molecule has 1 aliphatic carbocycles. The van der Waals surface area contributed by atoms with Crippen LogP contribution >= 0.6 is 0 Å². The third-order valence-corrected chi connectivity index (χ3v) is 3.40. The maximum atomic E-state index is 9.90. The van der Waals surface area contributed by atoms with Crippen molar-refractivity contribution < 1.29 is 9.84 Å². The smallest absolute Gasteiger partial charge is 0.0898 e. The molecule has 0 saturated carbocycles. The molecule has 1 atom stereocenters. The largest absolute Gasteiger partial charge is 0.389 e. The molecule has 3 heteroatoms. The van der Waals surface area contributed by atoms with E-state index in [2.05, 4.69) is 29.6 Å². The van der Waals surface area contributed by atoms with E-state index in [1.807, 2.05) is 20.8 Å². The lowest BCUT2D eigenvalue weighted by Gasteiger charge is -2.23. The molecule has 1 aliphatic rings. The summed E-state index contributed by atoms with van der Waals surface area (Å²) in [5.41, 5.74) is 2.67. The van der Waals surface area contributed by atoms with Gasteiger partial charge < -0.3 is 15.2 Å². The van der Waals surface area contributed by atoms with Gasteiger partial charge in [0.15, 0.2) is 0 Å². The Labute approximate surface area is 116 Å². The predicted octanol–water partition coefficient (Wildman–Crippen LogP) is 1.92. The number of hydrogen-bond acceptors (Lipinski definition) is 3. The molecule has 19 heavy (non-hydrogen) atoms. The minimum absolute atomic E-state index is 0.190. The Morgan fingerprint density at radius 3 is 2.37 bits per heavy atom. The molecule has 0 aromatic heterocycles. The lowest BCUT2D eigenvalue weighted by Crippen LogP contribution is -2.39. The molecule has 0 fully saturated rings. The summed E-state index contributed by atoms with van der Waals surface area (Å²) < 4.78 is 5.58. The van der Waals surface area contributed by atoms with Crippen molar-refractivity contribution in [2.24, 2.45) is 0 Å². The molecule has 2 rings (SSSR count). The first kappa shape index (κ1) is 14.5. The number of fused-ring (bicyclic) bond motifs is 1. The fourth-order valence-electron chi connectivity index (χ4n) is 2.41. The fourth-order valence-corrected chi connectivity index (χ4v) is 2.41. The third kappa shape index (κ3) is 4.60. The Hall–Kier alpha value is -0.900. The normalized spacial score (nSPS) is 17.5. The van der Waals surface area contributed by atoms with Crippen LogP contribution in [0.3, 0.4) is 0 Å². The van der Waals surface area contributed by atoms with Gasteiger partial charge in [0.1, 0.15) is 0 Å². The molecule has 0 heterocycles. The highest BCUT2D eigenvalue weighted by molar-refractivity contribution is 5.33. The van der Waals surface area contributed by atoms with Crippen LogP contribution in [0, 0.1) is 0 Å². The van der Waals surface area contributed by atoms with Crippen molar-refractivity contribution in [3.63, 3.8) is 0 Å². The average Bonchev–Trinajstić information content (AvgIpc) is 2.75. The summed E-state index contributed by atoms with van der Waals surface area (Å²) in [6.45, 7) is 6.98. The number of rotatable bonds is 5. The van der Waals surface area contributed by atoms with Crippen LogP contribution in [0.4, 0.5) is 0 Å². The fraction of sp³-hybridized carbons (Fsp3) is 0.625. The van der Waals surface area contributed by atoms with Crippen molar-refractivity contribution in [2.45, 2.75) is 51.4 Å². The van der Waals surface area contributed by atoms with E-state index in [1.165, 1.54) is 11.1 Å². The summed E-state index contributed by atoms with van der Waals surface area (Å²) in [4.78, 5) is 0. The van der Waals surface area contributed by atoms with Crippen molar-refractivity contribution in [3.8, 4) is 0 Å². The second-order valence-electron chi connectivity index (χ2n) is 6.36. The summed E-state index contributed by atoms with van der Waals surface area (Å²) in [5.74, 6) is 0. The molecule has 0 radical (unpaired) electrons. The molecule has 0 bridgehead atoms. The summed E-state index contributed by atoms with van der Waals surface area (Å²) >= 11 is 0. The van der Waals surface area contributed by atoms with Gasteiger partial charge in [-0.15, -0.1) is 0 Å². The van der Waals surface area contributed by atoms with Crippen LogP contribution in [0.1, 0.15) is 31.9 Å². The maximum Gasteiger partial charge on any atom is 0.0898 e. The first-order valence-corrected chi connectivity index (χ1v) is 7.06. The highest BCUT2D eigenvalue weighted by Crippen LogP contribution is 2.21. The molecular weight excluding hydrogens is 238 g/mol. The van der Waals surface area contributed by atoms with Gasteiger partial charge in [0.2, 0.25) is 0 Å². The zero-order chi connectivity index (χ0) is 13.9. The van der Waals surface area contributed by atoms with Gasteiger partial charge in [-0.1, -0.05) is 24.3 Å². The molecule has 1 aromatic rings. The molecule has 0 aliphatic heterocycles. The molecule has 0 spiro atoms. The Morgan fingerprint density at radius 2 is 1.84 bits per heavy atom. The second-order valence-corrected chi connectivity index (χ2v) is 6.36. The number of ether oxygens (including phenoxy) is 1. The van der Waals surface area contributed by atoms with Crippen molar-refractivity contribution in [2.75, 3.05) is 13.2 Å². The van der Waals surface area contributed by atoms with E-state index in [9.17, 15) is 5.11 Å². The molecule has 106 valence electrons. The minimum Gasteiger partial charge on any atom is -0.389 e. The van der Waals surface area contributed by atoms with E-state index >= 15 is 0 Å². The van der Waals surface area contributed by atoms with Crippen molar-refractivity contribution in [1.29, 1.82) is 0 Å². The van der Waals surface area contributed by atoms with Crippen LogP contribution in [0.2, 0.25) is 0 Å². The third-order valence-electron chi connectivity index (χ3n) is 3.40. The monoisotopic (exact) mass is 263 g/mol.